The van der Waals surface area contributed by atoms with Crippen LogP contribution < -0.4 is 0 Å². The van der Waals surface area contributed by atoms with Crippen molar-refractivity contribution in [1.29, 1.82) is 0 Å². The van der Waals surface area contributed by atoms with E-state index in [1.54, 1.807) is 0 Å². The van der Waals surface area contributed by atoms with Gasteiger partial charge >= 0.3 is 0 Å². The van der Waals surface area contributed by atoms with Crippen molar-refractivity contribution >= 4 is 60.1 Å². The molecule has 0 saturated carbocycles. The van der Waals surface area contributed by atoms with Crippen LogP contribution in [0.1, 0.15) is 17.7 Å². The number of fused-ring (bicyclic) bond motifs is 11. The fourth-order valence-electron chi connectivity index (χ4n) is 7.30. The Morgan fingerprint density at radius 3 is 2.05 bits per heavy atom. The van der Waals surface area contributed by atoms with Gasteiger partial charge in [0.2, 0.25) is 0 Å². The van der Waals surface area contributed by atoms with E-state index in [0.717, 1.165) is 12.8 Å². The summed E-state index contributed by atoms with van der Waals surface area (Å²) in [4.78, 5) is 0. The maximum absolute atomic E-state index is 2.60. The van der Waals surface area contributed by atoms with Crippen LogP contribution in [0, 0.1) is 0 Å². The van der Waals surface area contributed by atoms with Gasteiger partial charge in [0.05, 0.1) is 11.2 Å². The zero-order valence-corrected chi connectivity index (χ0v) is 22.6. The Hall–Kier alpha value is -5.14. The Labute approximate surface area is 238 Å². The zero-order chi connectivity index (χ0) is 26.9. The lowest BCUT2D eigenvalue weighted by Crippen LogP contribution is -2.03. The van der Waals surface area contributed by atoms with Gasteiger partial charge in [0, 0.05) is 32.8 Å². The van der Waals surface area contributed by atoms with Crippen LogP contribution in [0.4, 0.5) is 0 Å². The van der Waals surface area contributed by atoms with Gasteiger partial charge in [-0.3, -0.25) is 0 Å². The second kappa shape index (κ2) is 8.68. The molecule has 0 aliphatic heterocycles. The van der Waals surface area contributed by atoms with Crippen molar-refractivity contribution in [1.82, 2.24) is 4.57 Å². The molecule has 1 aliphatic carbocycles. The lowest BCUT2D eigenvalue weighted by Gasteiger charge is -2.17. The quantitative estimate of drug-likeness (QED) is 0.199. The predicted molar refractivity (Wildman–Crippen MR) is 176 cm³/mol. The van der Waals surface area contributed by atoms with Gasteiger partial charge in [0.25, 0.3) is 0 Å². The number of nitrogens with zero attached hydrogens (tertiary/aromatic N) is 1. The van der Waals surface area contributed by atoms with Crippen molar-refractivity contribution in [3.05, 3.63) is 145 Å². The highest BCUT2D eigenvalue weighted by Crippen LogP contribution is 2.47. The van der Waals surface area contributed by atoms with Crippen molar-refractivity contribution in [2.75, 3.05) is 0 Å². The number of hydrogen-bond donors (Lipinski definition) is 0. The molecular weight excluding hydrogens is 494 g/mol. The number of allylic oxidation sites excluding steroid dienone is 1. The first-order valence-corrected chi connectivity index (χ1v) is 14.5. The molecule has 0 bridgehead atoms. The van der Waals surface area contributed by atoms with Gasteiger partial charge in [-0.25, -0.2) is 0 Å². The molecule has 192 valence electrons. The largest absolute Gasteiger partial charge is 0.312 e. The standard InChI is InChI=1S/C40H27N/c1-2-13-27(14-3-1)34-25-35-30-19-7-9-21-32(30)40-39(38(35)31-20-8-6-18-29(31)34)33-22-10-11-23-37(33)41(40)36-24-12-16-26-15-4-5-17-28(26)36/h1-10,12-22,24-25H,11,23H2. The molecule has 0 radical (unpaired) electrons. The predicted octanol–water partition coefficient (Wildman–Crippen LogP) is 10.9. The second-order valence-corrected chi connectivity index (χ2v) is 11.2. The van der Waals surface area contributed by atoms with E-state index in [9.17, 15) is 0 Å². The first-order valence-electron chi connectivity index (χ1n) is 14.5. The molecule has 0 N–H and O–H groups in total. The van der Waals surface area contributed by atoms with E-state index in [1.165, 1.54) is 82.1 Å². The summed E-state index contributed by atoms with van der Waals surface area (Å²) >= 11 is 0. The fourth-order valence-corrected chi connectivity index (χ4v) is 7.30. The number of hydrogen-bond acceptors (Lipinski definition) is 0. The summed E-state index contributed by atoms with van der Waals surface area (Å²) in [5.41, 5.74) is 7.90. The Morgan fingerprint density at radius 1 is 0.512 bits per heavy atom. The maximum atomic E-state index is 2.60. The van der Waals surface area contributed by atoms with E-state index in [2.05, 4.69) is 144 Å². The first-order chi connectivity index (χ1) is 20.4. The molecule has 0 saturated heterocycles. The molecule has 41 heavy (non-hydrogen) atoms. The van der Waals surface area contributed by atoms with Crippen LogP contribution >= 0.6 is 0 Å². The average molecular weight is 522 g/mol. The first kappa shape index (κ1) is 22.7. The van der Waals surface area contributed by atoms with Crippen molar-refractivity contribution in [3.63, 3.8) is 0 Å². The normalized spacial score (nSPS) is 13.1. The fraction of sp³-hybridized carbons (Fsp3) is 0.0500. The number of aromatic nitrogens is 1. The van der Waals surface area contributed by atoms with Crippen LogP contribution in [0.25, 0.3) is 76.9 Å². The summed E-state index contributed by atoms with van der Waals surface area (Å²) < 4.78 is 2.60. The van der Waals surface area contributed by atoms with E-state index in [-0.39, 0.29) is 0 Å². The SMILES string of the molecule is C1=Cc2c(n(-c3cccc4ccccc34)c3c4ccccc4c4cc(-c5ccccc5)c5ccccc5c4c23)CC1. The molecule has 0 unspecified atom stereocenters. The third kappa shape index (κ3) is 3.18. The molecule has 7 aromatic carbocycles. The summed E-state index contributed by atoms with van der Waals surface area (Å²) in [5.74, 6) is 0. The van der Waals surface area contributed by atoms with E-state index < -0.39 is 0 Å². The number of benzene rings is 7. The third-order valence-corrected chi connectivity index (χ3v) is 9.00. The highest BCUT2D eigenvalue weighted by molar-refractivity contribution is 6.34. The van der Waals surface area contributed by atoms with Crippen LogP contribution in [-0.2, 0) is 6.42 Å². The van der Waals surface area contributed by atoms with Crippen molar-refractivity contribution in [2.24, 2.45) is 0 Å². The maximum Gasteiger partial charge on any atom is 0.0623 e. The smallest absolute Gasteiger partial charge is 0.0623 e. The molecule has 1 aromatic heterocycles. The lowest BCUT2D eigenvalue weighted by molar-refractivity contribution is 0.893. The molecule has 1 heteroatoms. The Bertz CT molecular complexity index is 2350. The molecule has 9 rings (SSSR count). The minimum atomic E-state index is 1.03. The molecule has 8 aromatic rings. The van der Waals surface area contributed by atoms with Crippen molar-refractivity contribution in [2.45, 2.75) is 12.8 Å². The van der Waals surface area contributed by atoms with Gasteiger partial charge in [-0.15, -0.1) is 0 Å². The van der Waals surface area contributed by atoms with Gasteiger partial charge in [-0.1, -0.05) is 127 Å². The van der Waals surface area contributed by atoms with Gasteiger partial charge in [0.1, 0.15) is 0 Å². The van der Waals surface area contributed by atoms with E-state index in [1.807, 2.05) is 0 Å². The van der Waals surface area contributed by atoms with E-state index >= 15 is 0 Å². The highest BCUT2D eigenvalue weighted by Gasteiger charge is 2.25. The van der Waals surface area contributed by atoms with Crippen LogP contribution in [0.2, 0.25) is 0 Å². The van der Waals surface area contributed by atoms with Crippen molar-refractivity contribution < 1.29 is 0 Å². The van der Waals surface area contributed by atoms with Crippen LogP contribution in [-0.4, -0.2) is 4.57 Å². The van der Waals surface area contributed by atoms with Gasteiger partial charge in [0.15, 0.2) is 0 Å². The summed E-state index contributed by atoms with van der Waals surface area (Å²) in [6.45, 7) is 0. The summed E-state index contributed by atoms with van der Waals surface area (Å²) in [5, 5.41) is 11.8. The van der Waals surface area contributed by atoms with E-state index in [0.29, 0.717) is 0 Å². The lowest BCUT2D eigenvalue weighted by atomic mass is 9.87. The van der Waals surface area contributed by atoms with Gasteiger partial charge in [-0.05, 0) is 63.0 Å². The van der Waals surface area contributed by atoms with Gasteiger partial charge in [-0.2, -0.15) is 0 Å². The Kier molecular flexibility index (Phi) is 4.80. The molecule has 0 atom stereocenters. The zero-order valence-electron chi connectivity index (χ0n) is 22.6. The molecule has 0 spiro atoms. The van der Waals surface area contributed by atoms with Crippen molar-refractivity contribution in [3.8, 4) is 16.8 Å². The summed E-state index contributed by atoms with van der Waals surface area (Å²) in [6.07, 6.45) is 6.83. The highest BCUT2D eigenvalue weighted by atomic mass is 15.0. The molecule has 0 amide bonds. The minimum absolute atomic E-state index is 1.03. The van der Waals surface area contributed by atoms with Crippen LogP contribution in [0.5, 0.6) is 0 Å². The second-order valence-electron chi connectivity index (χ2n) is 11.2. The Morgan fingerprint density at radius 2 is 1.20 bits per heavy atom. The van der Waals surface area contributed by atoms with Crippen LogP contribution in [0.15, 0.2) is 133 Å². The summed E-state index contributed by atoms with van der Waals surface area (Å²) in [6, 6.07) is 46.8. The summed E-state index contributed by atoms with van der Waals surface area (Å²) in [7, 11) is 0. The van der Waals surface area contributed by atoms with Crippen LogP contribution in [0.3, 0.4) is 0 Å². The Balaban J connectivity index is 1.57. The molecule has 1 heterocycles. The molecular formula is C40H27N. The molecule has 1 nitrogen and oxygen atoms in total. The monoisotopic (exact) mass is 521 g/mol. The molecule has 0 fully saturated rings. The van der Waals surface area contributed by atoms with Gasteiger partial charge < -0.3 is 4.57 Å². The topological polar surface area (TPSA) is 4.93 Å². The third-order valence-electron chi connectivity index (χ3n) is 9.00. The number of rotatable bonds is 2. The molecule has 1 aliphatic rings. The average Bonchev–Trinajstić information content (AvgIpc) is 3.39. The van der Waals surface area contributed by atoms with E-state index in [4.69, 9.17) is 0 Å². The minimum Gasteiger partial charge on any atom is -0.312 e.